The SMILES string of the molecule is Cc1cc2c(cc1Cl)Sc1ncc(C)n1S2(=O)=O. The van der Waals surface area contributed by atoms with Crippen LogP contribution in [0.3, 0.4) is 0 Å². The van der Waals surface area contributed by atoms with E-state index in [-0.39, 0.29) is 0 Å². The highest BCUT2D eigenvalue weighted by atomic mass is 35.5. The third kappa shape index (κ3) is 1.52. The molecule has 2 aromatic rings. The number of halogens is 1. The summed E-state index contributed by atoms with van der Waals surface area (Å²) in [4.78, 5) is 5.03. The number of aromatic nitrogens is 2. The summed E-state index contributed by atoms with van der Waals surface area (Å²) in [5.41, 5.74) is 1.36. The second kappa shape index (κ2) is 3.76. The van der Waals surface area contributed by atoms with Gasteiger partial charge in [-0.1, -0.05) is 11.6 Å². The van der Waals surface area contributed by atoms with Gasteiger partial charge in [0.05, 0.1) is 11.9 Å². The molecule has 0 N–H and O–H groups in total. The molecule has 7 heteroatoms. The molecule has 1 aromatic heterocycles. The van der Waals surface area contributed by atoms with Crippen molar-refractivity contribution in [2.24, 2.45) is 0 Å². The first-order valence-corrected chi connectivity index (χ1v) is 7.82. The minimum Gasteiger partial charge on any atom is -0.230 e. The molecule has 1 aliphatic heterocycles. The van der Waals surface area contributed by atoms with E-state index in [0.29, 0.717) is 25.7 Å². The minimum absolute atomic E-state index is 0.294. The summed E-state index contributed by atoms with van der Waals surface area (Å²) in [7, 11) is -3.55. The molecule has 1 aliphatic rings. The van der Waals surface area contributed by atoms with Crippen molar-refractivity contribution in [1.29, 1.82) is 0 Å². The van der Waals surface area contributed by atoms with Gasteiger partial charge in [0.25, 0.3) is 10.0 Å². The molecule has 0 amide bonds. The minimum atomic E-state index is -3.55. The summed E-state index contributed by atoms with van der Waals surface area (Å²) in [6, 6.07) is 3.30. The van der Waals surface area contributed by atoms with Crippen molar-refractivity contribution in [3.63, 3.8) is 0 Å². The zero-order chi connectivity index (χ0) is 13.1. The van der Waals surface area contributed by atoms with Crippen molar-refractivity contribution in [3.05, 3.63) is 34.6 Å². The number of benzene rings is 1. The zero-order valence-electron chi connectivity index (χ0n) is 9.64. The molecular formula is C11H9ClN2O2S2. The van der Waals surface area contributed by atoms with Gasteiger partial charge in [0.15, 0.2) is 5.16 Å². The van der Waals surface area contributed by atoms with Gasteiger partial charge in [-0.05, 0) is 43.3 Å². The number of nitrogens with zero attached hydrogens (tertiary/aromatic N) is 2. The lowest BCUT2D eigenvalue weighted by molar-refractivity contribution is 0.576. The number of hydrogen-bond acceptors (Lipinski definition) is 4. The Morgan fingerprint density at radius 3 is 2.78 bits per heavy atom. The average Bonchev–Trinajstić information content (AvgIpc) is 2.64. The highest BCUT2D eigenvalue weighted by Crippen LogP contribution is 2.41. The standard InChI is InChI=1S/C11H9ClN2O2S2/c1-6-3-10-9(4-8(6)12)17-11-13-5-7(2)14(11)18(10,15)16/h3-5H,1-2H3. The molecular weight excluding hydrogens is 292 g/mol. The molecule has 1 aromatic carbocycles. The fraction of sp³-hybridized carbons (Fsp3) is 0.182. The van der Waals surface area contributed by atoms with Crippen LogP contribution >= 0.6 is 23.4 Å². The van der Waals surface area contributed by atoms with E-state index in [1.807, 2.05) is 0 Å². The van der Waals surface area contributed by atoms with Crippen LogP contribution in [-0.2, 0) is 10.0 Å². The molecule has 94 valence electrons. The third-order valence-corrected chi connectivity index (χ3v) is 6.32. The lowest BCUT2D eigenvalue weighted by atomic mass is 10.2. The van der Waals surface area contributed by atoms with Gasteiger partial charge in [0, 0.05) is 9.92 Å². The van der Waals surface area contributed by atoms with Crippen LogP contribution in [0.5, 0.6) is 0 Å². The lowest BCUT2D eigenvalue weighted by Crippen LogP contribution is -2.19. The first kappa shape index (κ1) is 12.1. The van der Waals surface area contributed by atoms with Crippen LogP contribution in [0.2, 0.25) is 5.02 Å². The van der Waals surface area contributed by atoms with E-state index in [9.17, 15) is 8.42 Å². The van der Waals surface area contributed by atoms with Gasteiger partial charge in [-0.2, -0.15) is 0 Å². The molecule has 0 saturated carbocycles. The highest BCUT2D eigenvalue weighted by molar-refractivity contribution is 8.01. The first-order chi connectivity index (χ1) is 8.41. The van der Waals surface area contributed by atoms with Crippen LogP contribution in [0.25, 0.3) is 0 Å². The molecule has 0 radical (unpaired) electrons. The van der Waals surface area contributed by atoms with Crippen molar-refractivity contribution >= 4 is 33.4 Å². The lowest BCUT2D eigenvalue weighted by Gasteiger charge is -2.19. The monoisotopic (exact) mass is 300 g/mol. The van der Waals surface area contributed by atoms with E-state index in [4.69, 9.17) is 11.6 Å². The number of imidazole rings is 1. The molecule has 0 saturated heterocycles. The zero-order valence-corrected chi connectivity index (χ0v) is 12.0. The second-order valence-electron chi connectivity index (χ2n) is 4.10. The van der Waals surface area contributed by atoms with Gasteiger partial charge >= 0.3 is 0 Å². The van der Waals surface area contributed by atoms with E-state index in [1.54, 1.807) is 32.2 Å². The van der Waals surface area contributed by atoms with Crippen molar-refractivity contribution in [2.45, 2.75) is 28.8 Å². The van der Waals surface area contributed by atoms with Gasteiger partial charge in [0.1, 0.15) is 4.90 Å². The van der Waals surface area contributed by atoms with Crippen LogP contribution in [0.1, 0.15) is 11.3 Å². The maximum atomic E-state index is 12.5. The Kier molecular flexibility index (Phi) is 2.52. The number of aryl methyl sites for hydroxylation is 2. The largest absolute Gasteiger partial charge is 0.271 e. The molecule has 3 rings (SSSR count). The topological polar surface area (TPSA) is 52.0 Å². The van der Waals surface area contributed by atoms with Crippen molar-refractivity contribution in [1.82, 2.24) is 8.96 Å². The van der Waals surface area contributed by atoms with E-state index in [0.717, 1.165) is 5.56 Å². The first-order valence-electron chi connectivity index (χ1n) is 5.19. The van der Waals surface area contributed by atoms with E-state index in [1.165, 1.54) is 15.7 Å². The maximum absolute atomic E-state index is 12.5. The predicted octanol–water partition coefficient (Wildman–Crippen LogP) is 2.85. The summed E-state index contributed by atoms with van der Waals surface area (Å²) in [5.74, 6) is 0. The Morgan fingerprint density at radius 1 is 1.33 bits per heavy atom. The molecule has 0 atom stereocenters. The third-order valence-electron chi connectivity index (χ3n) is 2.80. The molecule has 0 aliphatic carbocycles. The molecule has 0 fully saturated rings. The van der Waals surface area contributed by atoms with Crippen LogP contribution in [0.4, 0.5) is 0 Å². The summed E-state index contributed by atoms with van der Waals surface area (Å²) in [6.45, 7) is 3.52. The van der Waals surface area contributed by atoms with E-state index < -0.39 is 10.0 Å². The fourth-order valence-electron chi connectivity index (χ4n) is 1.88. The fourth-order valence-corrected chi connectivity index (χ4v) is 5.33. The maximum Gasteiger partial charge on any atom is 0.271 e. The summed E-state index contributed by atoms with van der Waals surface area (Å²) < 4.78 is 26.3. The predicted molar refractivity (Wildman–Crippen MR) is 69.9 cm³/mol. The number of fused-ring (bicyclic) bond motifs is 2. The van der Waals surface area contributed by atoms with Crippen LogP contribution in [0, 0.1) is 13.8 Å². The molecule has 0 spiro atoms. The normalized spacial score (nSPS) is 16.2. The number of rotatable bonds is 0. The summed E-state index contributed by atoms with van der Waals surface area (Å²) in [6.07, 6.45) is 1.56. The van der Waals surface area contributed by atoms with Gasteiger partial charge in [0.2, 0.25) is 0 Å². The Bertz CT molecular complexity index is 766. The summed E-state index contributed by atoms with van der Waals surface area (Å²) >= 11 is 7.35. The van der Waals surface area contributed by atoms with Crippen LogP contribution < -0.4 is 0 Å². The van der Waals surface area contributed by atoms with Gasteiger partial charge in [-0.3, -0.25) is 0 Å². The second-order valence-corrected chi connectivity index (χ2v) is 7.27. The van der Waals surface area contributed by atoms with Crippen molar-refractivity contribution in [2.75, 3.05) is 0 Å². The number of hydrogen-bond donors (Lipinski definition) is 0. The molecule has 0 bridgehead atoms. The van der Waals surface area contributed by atoms with Gasteiger partial charge < -0.3 is 0 Å². The van der Waals surface area contributed by atoms with Crippen molar-refractivity contribution < 1.29 is 8.42 Å². The van der Waals surface area contributed by atoms with Gasteiger partial charge in [-0.15, -0.1) is 0 Å². The Labute approximate surface area is 114 Å². The van der Waals surface area contributed by atoms with Crippen LogP contribution in [0.15, 0.2) is 33.3 Å². The van der Waals surface area contributed by atoms with E-state index in [2.05, 4.69) is 4.98 Å². The molecule has 0 unspecified atom stereocenters. The Morgan fingerprint density at radius 2 is 2.06 bits per heavy atom. The molecule has 4 nitrogen and oxygen atoms in total. The van der Waals surface area contributed by atoms with Crippen molar-refractivity contribution in [3.8, 4) is 0 Å². The van der Waals surface area contributed by atoms with Crippen LogP contribution in [-0.4, -0.2) is 17.4 Å². The van der Waals surface area contributed by atoms with E-state index >= 15 is 0 Å². The Balaban J connectivity index is 2.37. The molecule has 18 heavy (non-hydrogen) atoms. The summed E-state index contributed by atoms with van der Waals surface area (Å²) in [5, 5.41) is 1.02. The van der Waals surface area contributed by atoms with Gasteiger partial charge in [-0.25, -0.2) is 17.4 Å². The quantitative estimate of drug-likeness (QED) is 0.640. The highest BCUT2D eigenvalue weighted by Gasteiger charge is 2.32. The Hall–Kier alpha value is -0.980. The molecule has 2 heterocycles. The average molecular weight is 301 g/mol. The smallest absolute Gasteiger partial charge is 0.230 e.